The van der Waals surface area contributed by atoms with Gasteiger partial charge in [0.2, 0.25) is 5.95 Å². The third-order valence-electron chi connectivity index (χ3n) is 5.24. The second-order valence-electron chi connectivity index (χ2n) is 7.75. The summed E-state index contributed by atoms with van der Waals surface area (Å²) in [6.07, 6.45) is 5.60. The number of fused-ring (bicyclic) bond motifs is 3. The zero-order valence-electron chi connectivity index (χ0n) is 17.4. The number of benzene rings is 1. The highest BCUT2D eigenvalue weighted by Crippen LogP contribution is 2.36. The topological polar surface area (TPSA) is 122 Å². The van der Waals surface area contributed by atoms with Crippen LogP contribution in [0.15, 0.2) is 36.9 Å². The summed E-state index contributed by atoms with van der Waals surface area (Å²) in [5, 5.41) is 13.4. The molecule has 3 N–H and O–H groups in total. The summed E-state index contributed by atoms with van der Waals surface area (Å²) in [5.74, 6) is 2.47. The number of ether oxygens (including phenoxy) is 1. The van der Waals surface area contributed by atoms with Gasteiger partial charge in [-0.15, -0.1) is 5.10 Å². The maximum atomic E-state index is 9.12. The van der Waals surface area contributed by atoms with Crippen LogP contribution in [0.4, 0.5) is 5.95 Å². The Balaban J connectivity index is 1.55. The van der Waals surface area contributed by atoms with Crippen LogP contribution in [0.1, 0.15) is 19.9 Å². The lowest BCUT2D eigenvalue weighted by molar-refractivity contribution is 0.276. The van der Waals surface area contributed by atoms with Crippen LogP contribution in [0, 0.1) is 0 Å². The molecule has 5 rings (SSSR count). The number of nitrogens with two attached hydrogens (primary N) is 1. The van der Waals surface area contributed by atoms with Gasteiger partial charge in [-0.2, -0.15) is 4.98 Å². The first kappa shape index (κ1) is 19.3. The standard InChI is InChI=1S/C21H24N8O2/c1-13(2)29-20(25-21(22)26-29)17-11-28-6-8-31-18-9-14(3-4-15(18)19(28)24-17)16-10-27(5-7-30)12-23-16/h3-4,9-13,30H,5-8H2,1-2H3,(H2,22,26). The Morgan fingerprint density at radius 3 is 2.84 bits per heavy atom. The van der Waals surface area contributed by atoms with Gasteiger partial charge in [-0.1, -0.05) is 6.07 Å². The highest BCUT2D eigenvalue weighted by atomic mass is 16.5. The molecule has 0 amide bonds. The summed E-state index contributed by atoms with van der Waals surface area (Å²) in [6, 6.07) is 6.11. The number of hydrogen-bond acceptors (Lipinski definition) is 7. The number of hydrogen-bond donors (Lipinski definition) is 2. The summed E-state index contributed by atoms with van der Waals surface area (Å²) in [4.78, 5) is 13.7. The predicted molar refractivity (Wildman–Crippen MR) is 115 cm³/mol. The molecule has 0 unspecified atom stereocenters. The van der Waals surface area contributed by atoms with E-state index in [1.807, 2.05) is 49.0 Å². The smallest absolute Gasteiger partial charge is 0.240 e. The second-order valence-corrected chi connectivity index (χ2v) is 7.75. The minimum Gasteiger partial charge on any atom is -0.491 e. The van der Waals surface area contributed by atoms with Crippen molar-refractivity contribution in [2.45, 2.75) is 33.0 Å². The molecular formula is C21H24N8O2. The molecule has 0 saturated carbocycles. The van der Waals surface area contributed by atoms with Crippen LogP contribution >= 0.6 is 0 Å². The lowest BCUT2D eigenvalue weighted by atomic mass is 10.1. The first-order chi connectivity index (χ1) is 15.0. The SMILES string of the molecule is CC(C)n1nc(N)nc1-c1cn2c(n1)-c1ccc(-c3cn(CCO)cn3)cc1OCC2. The van der Waals surface area contributed by atoms with Gasteiger partial charge in [0.25, 0.3) is 0 Å². The van der Waals surface area contributed by atoms with Gasteiger partial charge < -0.3 is 24.7 Å². The van der Waals surface area contributed by atoms with Crippen LogP contribution < -0.4 is 10.5 Å². The molecule has 1 aliphatic rings. The number of aliphatic hydroxyl groups is 1. The molecule has 0 atom stereocenters. The van der Waals surface area contributed by atoms with Crippen molar-refractivity contribution < 1.29 is 9.84 Å². The Morgan fingerprint density at radius 1 is 1.16 bits per heavy atom. The summed E-state index contributed by atoms with van der Waals surface area (Å²) >= 11 is 0. The Morgan fingerprint density at radius 2 is 2.03 bits per heavy atom. The molecule has 4 aromatic rings. The van der Waals surface area contributed by atoms with Gasteiger partial charge in [0, 0.05) is 30.5 Å². The van der Waals surface area contributed by atoms with Crippen LogP contribution in [-0.4, -0.2) is 52.2 Å². The maximum absolute atomic E-state index is 9.12. The average Bonchev–Trinajstić information content (AvgIpc) is 3.45. The summed E-state index contributed by atoms with van der Waals surface area (Å²) in [5.41, 5.74) is 9.26. The number of nitrogen functional groups attached to an aromatic ring is 1. The summed E-state index contributed by atoms with van der Waals surface area (Å²) in [7, 11) is 0. The summed E-state index contributed by atoms with van der Waals surface area (Å²) < 4.78 is 11.8. The molecule has 1 aromatic carbocycles. The quantitative estimate of drug-likeness (QED) is 0.508. The number of aliphatic hydroxyl groups excluding tert-OH is 1. The minimum absolute atomic E-state index is 0.0737. The molecule has 10 nitrogen and oxygen atoms in total. The van der Waals surface area contributed by atoms with Crippen molar-refractivity contribution in [3.63, 3.8) is 0 Å². The van der Waals surface area contributed by atoms with Gasteiger partial charge in [0.15, 0.2) is 5.82 Å². The third kappa shape index (κ3) is 3.44. The van der Waals surface area contributed by atoms with Crippen molar-refractivity contribution in [1.82, 2.24) is 33.9 Å². The second kappa shape index (κ2) is 7.55. The zero-order valence-corrected chi connectivity index (χ0v) is 17.4. The van der Waals surface area contributed by atoms with Crippen LogP contribution in [-0.2, 0) is 13.1 Å². The molecule has 1 aliphatic heterocycles. The van der Waals surface area contributed by atoms with Crippen molar-refractivity contribution >= 4 is 5.95 Å². The van der Waals surface area contributed by atoms with E-state index in [4.69, 9.17) is 20.6 Å². The number of nitrogens with zero attached hydrogens (tertiary/aromatic N) is 7. The molecule has 4 heterocycles. The third-order valence-corrected chi connectivity index (χ3v) is 5.24. The highest BCUT2D eigenvalue weighted by Gasteiger charge is 2.23. The molecule has 0 radical (unpaired) electrons. The van der Waals surface area contributed by atoms with E-state index < -0.39 is 0 Å². The molecule has 0 bridgehead atoms. The van der Waals surface area contributed by atoms with Crippen molar-refractivity contribution in [2.24, 2.45) is 0 Å². The molecule has 10 heteroatoms. The maximum Gasteiger partial charge on any atom is 0.240 e. The van der Waals surface area contributed by atoms with Crippen molar-refractivity contribution in [1.29, 1.82) is 0 Å². The normalized spacial score (nSPS) is 13.0. The van der Waals surface area contributed by atoms with Crippen molar-refractivity contribution in [3.05, 3.63) is 36.9 Å². The average molecular weight is 420 g/mol. The van der Waals surface area contributed by atoms with Gasteiger partial charge in [0.05, 0.1) is 30.7 Å². The van der Waals surface area contributed by atoms with Crippen molar-refractivity contribution in [2.75, 3.05) is 18.9 Å². The Labute approximate surface area is 179 Å². The molecule has 160 valence electrons. The zero-order chi connectivity index (χ0) is 21.5. The van der Waals surface area contributed by atoms with Crippen molar-refractivity contribution in [3.8, 4) is 39.9 Å². The first-order valence-electron chi connectivity index (χ1n) is 10.2. The van der Waals surface area contributed by atoms with Gasteiger partial charge >= 0.3 is 0 Å². The van der Waals surface area contributed by atoms with Crippen LogP contribution in [0.5, 0.6) is 5.75 Å². The highest BCUT2D eigenvalue weighted by molar-refractivity contribution is 5.73. The van der Waals surface area contributed by atoms with Crippen LogP contribution in [0.25, 0.3) is 34.2 Å². The van der Waals surface area contributed by atoms with E-state index >= 15 is 0 Å². The largest absolute Gasteiger partial charge is 0.491 e. The minimum atomic E-state index is 0.0737. The fourth-order valence-electron chi connectivity index (χ4n) is 3.77. The number of aromatic nitrogens is 7. The van der Waals surface area contributed by atoms with E-state index in [0.717, 1.165) is 34.1 Å². The van der Waals surface area contributed by atoms with Crippen LogP contribution in [0.3, 0.4) is 0 Å². The van der Waals surface area contributed by atoms with Gasteiger partial charge in [-0.05, 0) is 26.0 Å². The Hall–Kier alpha value is -3.66. The predicted octanol–water partition coefficient (Wildman–Crippen LogP) is 2.22. The van der Waals surface area contributed by atoms with E-state index in [1.54, 1.807) is 11.0 Å². The Kier molecular flexibility index (Phi) is 4.70. The van der Waals surface area contributed by atoms with Gasteiger partial charge in [-0.25, -0.2) is 14.6 Å². The van der Waals surface area contributed by atoms with E-state index in [1.165, 1.54) is 0 Å². The van der Waals surface area contributed by atoms with Crippen LogP contribution in [0.2, 0.25) is 0 Å². The lowest BCUT2D eigenvalue weighted by Crippen LogP contribution is -2.06. The molecular weight excluding hydrogens is 396 g/mol. The molecule has 0 saturated heterocycles. The fraction of sp³-hybridized carbons (Fsp3) is 0.333. The number of anilines is 1. The van der Waals surface area contributed by atoms with E-state index in [9.17, 15) is 0 Å². The molecule has 31 heavy (non-hydrogen) atoms. The monoisotopic (exact) mass is 420 g/mol. The van der Waals surface area contributed by atoms with Gasteiger partial charge in [0.1, 0.15) is 23.9 Å². The van der Waals surface area contributed by atoms with E-state index in [-0.39, 0.29) is 18.6 Å². The fourth-order valence-corrected chi connectivity index (χ4v) is 3.77. The van der Waals surface area contributed by atoms with E-state index in [2.05, 4.69) is 19.6 Å². The number of rotatable bonds is 5. The summed E-state index contributed by atoms with van der Waals surface area (Å²) in [6.45, 7) is 5.85. The lowest BCUT2D eigenvalue weighted by Gasteiger charge is -2.08. The Bertz CT molecular complexity index is 1240. The molecule has 0 fully saturated rings. The molecule has 0 aliphatic carbocycles. The number of imidazole rings is 2. The first-order valence-corrected chi connectivity index (χ1v) is 10.2. The molecule has 0 spiro atoms. The van der Waals surface area contributed by atoms with Gasteiger partial charge in [-0.3, -0.25) is 0 Å². The molecule has 3 aromatic heterocycles. The van der Waals surface area contributed by atoms with E-state index in [0.29, 0.717) is 25.5 Å².